The van der Waals surface area contributed by atoms with Crippen LogP contribution in [0.2, 0.25) is 0 Å². The Morgan fingerprint density at radius 2 is 1.77 bits per heavy atom. The monoisotopic (exact) mass is 196 g/mol. The highest BCUT2D eigenvalue weighted by molar-refractivity contribution is 6.64. The third kappa shape index (κ3) is 2.56. The van der Waals surface area contributed by atoms with Gasteiger partial charge in [-0.1, -0.05) is 44.2 Å². The average molecular weight is 197 g/mol. The Labute approximate surface area is 83.7 Å². The zero-order valence-electron chi connectivity index (χ0n) is 7.83. The molecule has 1 atom stereocenters. The zero-order valence-corrected chi connectivity index (χ0v) is 8.58. The van der Waals surface area contributed by atoms with Crippen LogP contribution in [0.1, 0.15) is 25.3 Å². The van der Waals surface area contributed by atoms with Crippen molar-refractivity contribution in [2.45, 2.75) is 19.8 Å². The summed E-state index contributed by atoms with van der Waals surface area (Å²) in [6, 6.07) is 9.64. The van der Waals surface area contributed by atoms with E-state index in [-0.39, 0.29) is 17.1 Å². The van der Waals surface area contributed by atoms with E-state index >= 15 is 0 Å². The SMILES string of the molecule is CC(C)[C@@H](C(=O)Cl)c1ccccc1. The van der Waals surface area contributed by atoms with Gasteiger partial charge in [0.2, 0.25) is 5.24 Å². The van der Waals surface area contributed by atoms with Gasteiger partial charge in [0.05, 0.1) is 5.92 Å². The molecule has 0 saturated heterocycles. The molecule has 1 aromatic rings. The number of hydrogen-bond acceptors (Lipinski definition) is 1. The van der Waals surface area contributed by atoms with E-state index in [0.717, 1.165) is 5.56 Å². The van der Waals surface area contributed by atoms with Gasteiger partial charge in [0.15, 0.2) is 0 Å². The molecule has 0 aliphatic rings. The first-order chi connectivity index (χ1) is 6.13. The third-order valence-electron chi connectivity index (χ3n) is 2.07. The zero-order chi connectivity index (χ0) is 9.84. The van der Waals surface area contributed by atoms with E-state index in [4.69, 9.17) is 11.6 Å². The largest absolute Gasteiger partial charge is 0.281 e. The van der Waals surface area contributed by atoms with Crippen molar-refractivity contribution in [3.05, 3.63) is 35.9 Å². The Hall–Kier alpha value is -0.820. The number of hydrogen-bond donors (Lipinski definition) is 0. The van der Waals surface area contributed by atoms with E-state index in [9.17, 15) is 4.79 Å². The van der Waals surface area contributed by atoms with Gasteiger partial charge in [0.1, 0.15) is 0 Å². The molecule has 0 radical (unpaired) electrons. The van der Waals surface area contributed by atoms with Gasteiger partial charge in [0.25, 0.3) is 0 Å². The van der Waals surface area contributed by atoms with Crippen LogP contribution in [-0.2, 0) is 4.79 Å². The van der Waals surface area contributed by atoms with Gasteiger partial charge in [-0.05, 0) is 23.1 Å². The molecule has 70 valence electrons. The normalized spacial score (nSPS) is 12.9. The summed E-state index contributed by atoms with van der Waals surface area (Å²) in [5, 5.41) is -0.277. The minimum absolute atomic E-state index is 0.178. The van der Waals surface area contributed by atoms with Gasteiger partial charge >= 0.3 is 0 Å². The smallest absolute Gasteiger partial charge is 0.229 e. The van der Waals surface area contributed by atoms with E-state index < -0.39 is 0 Å². The maximum Gasteiger partial charge on any atom is 0.229 e. The number of carbonyl (C=O) groups is 1. The van der Waals surface area contributed by atoms with E-state index in [1.54, 1.807) is 0 Å². The minimum atomic E-state index is -0.277. The second-order valence-corrected chi connectivity index (χ2v) is 3.81. The second-order valence-electron chi connectivity index (χ2n) is 3.44. The Bertz CT molecular complexity index is 279. The lowest BCUT2D eigenvalue weighted by Gasteiger charge is -2.16. The lowest BCUT2D eigenvalue weighted by atomic mass is 9.90. The van der Waals surface area contributed by atoms with Crippen molar-refractivity contribution >= 4 is 16.8 Å². The van der Waals surface area contributed by atoms with Gasteiger partial charge in [-0.15, -0.1) is 0 Å². The van der Waals surface area contributed by atoms with Crippen molar-refractivity contribution in [2.75, 3.05) is 0 Å². The summed E-state index contributed by atoms with van der Waals surface area (Å²) in [6.45, 7) is 4.00. The van der Waals surface area contributed by atoms with E-state index in [1.165, 1.54) is 0 Å². The molecule has 1 nitrogen and oxygen atoms in total. The molecule has 0 aliphatic carbocycles. The van der Waals surface area contributed by atoms with Crippen LogP contribution < -0.4 is 0 Å². The Balaban J connectivity index is 2.96. The minimum Gasteiger partial charge on any atom is -0.281 e. The molecule has 0 aromatic heterocycles. The average Bonchev–Trinajstić information content (AvgIpc) is 2.04. The predicted molar refractivity (Wildman–Crippen MR) is 54.9 cm³/mol. The third-order valence-corrected chi connectivity index (χ3v) is 2.30. The van der Waals surface area contributed by atoms with Crippen LogP contribution in [0.5, 0.6) is 0 Å². The number of rotatable bonds is 3. The predicted octanol–water partition coefficient (Wildman–Crippen LogP) is 3.19. The van der Waals surface area contributed by atoms with Crippen LogP contribution in [0, 0.1) is 5.92 Å². The topological polar surface area (TPSA) is 17.1 Å². The molecule has 0 N–H and O–H groups in total. The fourth-order valence-corrected chi connectivity index (χ4v) is 1.82. The fourth-order valence-electron chi connectivity index (χ4n) is 1.44. The first-order valence-corrected chi connectivity index (χ1v) is 4.75. The van der Waals surface area contributed by atoms with Crippen LogP contribution >= 0.6 is 11.6 Å². The molecule has 0 spiro atoms. The summed E-state index contributed by atoms with van der Waals surface area (Å²) >= 11 is 5.53. The Kier molecular flexibility index (Phi) is 3.49. The molecular weight excluding hydrogens is 184 g/mol. The second kappa shape index (κ2) is 4.43. The molecule has 13 heavy (non-hydrogen) atoms. The van der Waals surface area contributed by atoms with E-state index in [0.29, 0.717) is 0 Å². The summed E-state index contributed by atoms with van der Waals surface area (Å²) in [5.41, 5.74) is 0.998. The molecule has 0 bridgehead atoms. The summed E-state index contributed by atoms with van der Waals surface area (Å²) in [5.74, 6) is 0.0651. The molecule has 2 heteroatoms. The molecule has 0 fully saturated rings. The molecule has 0 unspecified atom stereocenters. The number of halogens is 1. The first-order valence-electron chi connectivity index (χ1n) is 4.37. The highest BCUT2D eigenvalue weighted by Gasteiger charge is 2.21. The maximum atomic E-state index is 11.2. The highest BCUT2D eigenvalue weighted by atomic mass is 35.5. The maximum absolute atomic E-state index is 11.2. The van der Waals surface area contributed by atoms with Gasteiger partial charge in [-0.3, -0.25) is 4.79 Å². The van der Waals surface area contributed by atoms with Crippen LogP contribution in [0.25, 0.3) is 0 Å². The van der Waals surface area contributed by atoms with Crippen molar-refractivity contribution in [3.8, 4) is 0 Å². The van der Waals surface area contributed by atoms with Crippen molar-refractivity contribution in [3.63, 3.8) is 0 Å². The lowest BCUT2D eigenvalue weighted by Crippen LogP contribution is -2.13. The van der Waals surface area contributed by atoms with Crippen LogP contribution in [0.4, 0.5) is 0 Å². The van der Waals surface area contributed by atoms with Crippen LogP contribution in [0.3, 0.4) is 0 Å². The summed E-state index contributed by atoms with van der Waals surface area (Å²) < 4.78 is 0. The van der Waals surface area contributed by atoms with Gasteiger partial charge in [-0.2, -0.15) is 0 Å². The van der Waals surface area contributed by atoms with E-state index in [2.05, 4.69) is 0 Å². The fraction of sp³-hybridized carbons (Fsp3) is 0.364. The standard InChI is InChI=1S/C11H13ClO/c1-8(2)10(11(12)13)9-6-4-3-5-7-9/h3-8,10H,1-2H3/t10-/m1/s1. The number of carbonyl (C=O) groups excluding carboxylic acids is 1. The molecule has 0 amide bonds. The van der Waals surface area contributed by atoms with Gasteiger partial charge in [0, 0.05) is 0 Å². The summed E-state index contributed by atoms with van der Waals surface area (Å²) in [4.78, 5) is 11.2. The Morgan fingerprint density at radius 1 is 1.23 bits per heavy atom. The summed E-state index contributed by atoms with van der Waals surface area (Å²) in [6.07, 6.45) is 0. The summed E-state index contributed by atoms with van der Waals surface area (Å²) in [7, 11) is 0. The molecule has 1 aromatic carbocycles. The van der Waals surface area contributed by atoms with Crippen molar-refractivity contribution < 1.29 is 4.79 Å². The van der Waals surface area contributed by atoms with E-state index in [1.807, 2.05) is 44.2 Å². The van der Waals surface area contributed by atoms with Crippen molar-refractivity contribution in [2.24, 2.45) is 5.92 Å². The molecule has 0 saturated carbocycles. The van der Waals surface area contributed by atoms with Crippen LogP contribution in [0.15, 0.2) is 30.3 Å². The first kappa shape index (κ1) is 10.3. The van der Waals surface area contributed by atoms with Gasteiger partial charge in [-0.25, -0.2) is 0 Å². The van der Waals surface area contributed by atoms with Crippen molar-refractivity contribution in [1.29, 1.82) is 0 Å². The molecule has 0 heterocycles. The van der Waals surface area contributed by atoms with Crippen LogP contribution in [-0.4, -0.2) is 5.24 Å². The molecular formula is C11H13ClO. The lowest BCUT2D eigenvalue weighted by molar-refractivity contribution is -0.113. The number of benzene rings is 1. The highest BCUT2D eigenvalue weighted by Crippen LogP contribution is 2.26. The quantitative estimate of drug-likeness (QED) is 0.679. The molecule has 1 rings (SSSR count). The molecule has 0 aliphatic heterocycles. The van der Waals surface area contributed by atoms with Gasteiger partial charge < -0.3 is 0 Å². The van der Waals surface area contributed by atoms with Crippen molar-refractivity contribution in [1.82, 2.24) is 0 Å². The Morgan fingerprint density at radius 3 is 2.15 bits per heavy atom.